The van der Waals surface area contributed by atoms with Crippen molar-refractivity contribution in [1.29, 1.82) is 0 Å². The maximum atomic E-state index is 0. The summed E-state index contributed by atoms with van der Waals surface area (Å²) in [4.78, 5) is 0. The third kappa shape index (κ3) is 55.1. The fraction of sp³-hybridized carbons (Fsp3) is 0. The second kappa shape index (κ2) is 101. The van der Waals surface area contributed by atoms with Gasteiger partial charge >= 0.3 is 0 Å². The maximum Gasteiger partial charge on any atom is 0.146 e. The molecule has 0 spiro atoms. The molecule has 0 amide bonds. The van der Waals surface area contributed by atoms with Gasteiger partial charge in [0.05, 0.1) is 0 Å². The van der Waals surface area contributed by atoms with Crippen molar-refractivity contribution in [2.45, 2.75) is 0 Å². The molecule has 1 unspecified atom stereocenters. The van der Waals surface area contributed by atoms with Crippen molar-refractivity contribution in [3.8, 4) is 0 Å². The summed E-state index contributed by atoms with van der Waals surface area (Å²) in [6, 6.07) is 0. The van der Waals surface area contributed by atoms with Crippen LogP contribution in [0.15, 0.2) is 0 Å². The summed E-state index contributed by atoms with van der Waals surface area (Å²) in [6.07, 6.45) is 0. The highest BCUT2D eigenvalue weighted by Crippen LogP contribution is 0.861. The van der Waals surface area contributed by atoms with E-state index in [9.17, 15) is 0 Å². The predicted molar refractivity (Wildman–Crippen MR) is 30.5 cm³/mol. The Morgan fingerprint density at radius 2 is 0.600 bits per heavy atom. The van der Waals surface area contributed by atoms with Gasteiger partial charge in [-0.15, -0.1) is 0 Å². The Labute approximate surface area is 44.4 Å². The van der Waals surface area contributed by atoms with Crippen LogP contribution >= 0.6 is 9.90 Å². The molecule has 0 aromatic carbocycles. The Balaban J connectivity index is 0. The lowest BCUT2D eigenvalue weighted by atomic mass is 16.0. The second-order valence-electron chi connectivity index (χ2n) is 0. The van der Waals surface area contributed by atoms with Crippen LogP contribution in [0.4, 0.5) is 0 Å². The molecule has 3 nitrogen and oxygen atoms in total. The van der Waals surface area contributed by atoms with Gasteiger partial charge in [-0.2, -0.15) is 9.90 Å². The zero-order chi connectivity index (χ0) is 0. The van der Waals surface area contributed by atoms with Crippen LogP contribution in [0.5, 0.6) is 0 Å². The molecule has 1 radical (unpaired) electrons. The van der Waals surface area contributed by atoms with E-state index in [1.54, 1.807) is 0 Å². The highest BCUT2D eigenvalue weighted by Gasteiger charge is 0.146. The summed E-state index contributed by atoms with van der Waals surface area (Å²) in [7, 11) is 0. The molecule has 37 valence electrons. The van der Waals surface area contributed by atoms with Gasteiger partial charge in [0.25, 0.3) is 0 Å². The summed E-state index contributed by atoms with van der Waals surface area (Å²) in [5, 5.41) is 0. The first-order valence-electron chi connectivity index (χ1n) is 0. The van der Waals surface area contributed by atoms with E-state index in [-0.39, 0.29) is 43.7 Å². The lowest BCUT2D eigenvalue weighted by Gasteiger charge is -0.413. The molecular weight excluding hydrogens is 106 g/mol. The van der Waals surface area contributed by atoms with Gasteiger partial charge in [0.2, 0.25) is 0 Å². The molecule has 0 saturated carbocycles. The summed E-state index contributed by atoms with van der Waals surface area (Å²) < 4.78 is 0. The van der Waals surface area contributed by atoms with Crippen LogP contribution < -0.4 is 0 Å². The number of rotatable bonds is 0. The van der Waals surface area contributed by atoms with Gasteiger partial charge in [0.1, 0.15) is 17.4 Å². The van der Waals surface area contributed by atoms with E-state index in [1.807, 2.05) is 0 Å². The average Bonchev–Trinajstić information content (AvgIpc) is 0. The summed E-state index contributed by atoms with van der Waals surface area (Å²) in [5.41, 5.74) is 0. The topological polar surface area (TPSA) is 94.5 Å². The Morgan fingerprint density at radius 3 is 0.600 bits per heavy atom. The monoisotopic (exact) mass is 117 g/mol. The minimum absolute atomic E-state index is 0. The molecule has 0 heterocycles. The van der Waals surface area contributed by atoms with Gasteiger partial charge in [-0.05, 0) is 0 Å². The molecule has 0 aromatic rings. The third-order valence-corrected chi connectivity index (χ3v) is 0. The molecule has 0 aliphatic heterocycles. The minimum Gasteiger partial charge on any atom is -0.412 e. The van der Waals surface area contributed by atoms with E-state index >= 15 is 0 Å². The van der Waals surface area contributed by atoms with Crippen molar-refractivity contribution in [2.24, 2.45) is 0 Å². The Hall–Kier alpha value is 0.842. The Kier molecular flexibility index (Phi) is 3890. The van der Waals surface area contributed by atoms with Crippen LogP contribution in [0.2, 0.25) is 0 Å². The highest BCUT2D eigenvalue weighted by atomic mass is 31.0. The first-order valence-corrected chi connectivity index (χ1v) is 0. The lowest BCUT2D eigenvalue weighted by molar-refractivity contribution is 0.823. The van der Waals surface area contributed by atoms with E-state index in [1.165, 1.54) is 0 Å². The summed E-state index contributed by atoms with van der Waals surface area (Å²) in [5.74, 6) is 0. The van der Waals surface area contributed by atoms with Crippen LogP contribution in [0.1, 0.15) is 0 Å². The smallest absolute Gasteiger partial charge is 0.146 e. The Morgan fingerprint density at radius 1 is 0.600 bits per heavy atom. The van der Waals surface area contributed by atoms with Crippen LogP contribution in [0, 0.1) is 0 Å². The normalized spacial score (nSPS) is 0. The van der Waals surface area contributed by atoms with Crippen LogP contribution in [-0.2, 0) is 0 Å². The first kappa shape index (κ1) is 193. The van der Waals surface area contributed by atoms with Crippen LogP contribution in [-0.4, -0.2) is 33.8 Å². The first-order chi connectivity index (χ1) is 0. The van der Waals surface area contributed by atoms with Gasteiger partial charge in [0, 0.05) is 0 Å². The van der Waals surface area contributed by atoms with Crippen molar-refractivity contribution in [3.05, 3.63) is 0 Å². The Bertz CT molecular complexity index is 6.85. The zero-order valence-corrected chi connectivity index (χ0v) is 6.62. The van der Waals surface area contributed by atoms with E-state index in [4.69, 9.17) is 0 Å². The van der Waals surface area contributed by atoms with Crippen molar-refractivity contribution in [1.82, 2.24) is 0 Å². The second-order valence-corrected chi connectivity index (χ2v) is 0. The minimum atomic E-state index is 0. The van der Waals surface area contributed by atoms with E-state index in [0.717, 1.165) is 0 Å². The maximum absolute atomic E-state index is 0. The molecule has 5 heavy (non-hydrogen) atoms. The van der Waals surface area contributed by atoms with E-state index in [2.05, 4.69) is 0 Å². The van der Waals surface area contributed by atoms with E-state index < -0.39 is 0 Å². The van der Waals surface area contributed by atoms with Crippen molar-refractivity contribution in [3.63, 3.8) is 0 Å². The van der Waals surface area contributed by atoms with Gasteiger partial charge in [-0.3, -0.25) is 0 Å². The molecule has 0 bridgehead atoms. The van der Waals surface area contributed by atoms with E-state index in [0.29, 0.717) is 0 Å². The number of hydrogen-bond acceptors (Lipinski definition) is 0. The fourth-order valence-corrected chi connectivity index (χ4v) is 0. The number of hydrogen-bond donors (Lipinski definition) is 0. The molecule has 0 aromatic heterocycles. The van der Waals surface area contributed by atoms with Crippen LogP contribution in [0.3, 0.4) is 0 Å². The van der Waals surface area contributed by atoms with Crippen LogP contribution in [0.25, 0.3) is 0 Å². The summed E-state index contributed by atoms with van der Waals surface area (Å²) in [6.45, 7) is 0. The quantitative estimate of drug-likeness (QED) is 0.234. The predicted octanol–water partition coefficient (Wildman–Crippen LogP) is -3.33. The summed E-state index contributed by atoms with van der Waals surface area (Å²) >= 11 is 0. The molecular formula is H11AlO3P. The fourth-order valence-electron chi connectivity index (χ4n) is 0. The molecule has 0 fully saturated rings. The third-order valence-electron chi connectivity index (χ3n) is 0. The standard InChI is InChI=1S/Al.3H2O.H3P.2H/h;3*1H2;1H3;;. The molecule has 0 aliphatic rings. The molecule has 6 N–H and O–H groups in total. The largest absolute Gasteiger partial charge is 0.412 e. The lowest BCUT2D eigenvalue weighted by Crippen LogP contribution is -0.381. The molecule has 0 aliphatic carbocycles. The molecule has 0 rings (SSSR count). The highest BCUT2D eigenvalue weighted by molar-refractivity contribution is 6.92. The zero-order valence-electron chi connectivity index (χ0n) is 3.21. The van der Waals surface area contributed by atoms with Crippen molar-refractivity contribution in [2.75, 3.05) is 0 Å². The van der Waals surface area contributed by atoms with Gasteiger partial charge in [0.15, 0.2) is 0 Å². The molecule has 0 saturated heterocycles. The molecule has 5 heteroatoms. The van der Waals surface area contributed by atoms with Gasteiger partial charge < -0.3 is 16.4 Å². The molecule has 1 atom stereocenters. The van der Waals surface area contributed by atoms with Gasteiger partial charge in [-0.25, -0.2) is 0 Å². The van der Waals surface area contributed by atoms with Gasteiger partial charge in [-0.1, -0.05) is 0 Å². The average molecular weight is 117 g/mol. The SMILES string of the molecule is O.O.O.P.[AlH2]. The van der Waals surface area contributed by atoms with Crippen molar-refractivity contribution >= 4 is 27.3 Å². The van der Waals surface area contributed by atoms with Crippen molar-refractivity contribution < 1.29 is 16.4 Å².